The number of aromatic nitrogens is 1. The van der Waals surface area contributed by atoms with Gasteiger partial charge in [0.25, 0.3) is 0 Å². The molecule has 34 heavy (non-hydrogen) atoms. The summed E-state index contributed by atoms with van der Waals surface area (Å²) >= 11 is 0. The fraction of sp³-hybridized carbons (Fsp3) is 0.480. The van der Waals surface area contributed by atoms with Gasteiger partial charge in [-0.1, -0.05) is 18.6 Å². The van der Waals surface area contributed by atoms with Crippen molar-refractivity contribution >= 4 is 31.2 Å². The zero-order valence-electron chi connectivity index (χ0n) is 19.3. The Labute approximate surface area is 206 Å². The number of rotatable bonds is 10. The van der Waals surface area contributed by atoms with Gasteiger partial charge in [0, 0.05) is 18.8 Å². The van der Waals surface area contributed by atoms with Crippen molar-refractivity contribution in [2.45, 2.75) is 51.0 Å². The fourth-order valence-corrected chi connectivity index (χ4v) is 4.69. The van der Waals surface area contributed by atoms with E-state index in [0.717, 1.165) is 56.6 Å². The van der Waals surface area contributed by atoms with Gasteiger partial charge in [-0.25, -0.2) is 9.37 Å². The Kier molecular flexibility index (Phi) is 8.77. The molecule has 1 unspecified atom stereocenters. The van der Waals surface area contributed by atoms with E-state index >= 15 is 0 Å². The number of β-lactam (4-membered cyclic amide) rings is 1. The number of carbonyl (C=O) groups is 2. The number of aryl methyl sites for hydroxylation is 2. The van der Waals surface area contributed by atoms with E-state index in [1.165, 1.54) is 24.8 Å². The Morgan fingerprint density at radius 1 is 1.32 bits per heavy atom. The number of carbonyl (C=O) groups excluding carboxylic acids is 1. The van der Waals surface area contributed by atoms with Crippen molar-refractivity contribution in [3.63, 3.8) is 0 Å². The molecule has 9 heteroatoms. The molecule has 184 valence electrons. The van der Waals surface area contributed by atoms with Gasteiger partial charge < -0.3 is 20.1 Å². The van der Waals surface area contributed by atoms with Crippen LogP contribution < -0.4 is 10.1 Å². The van der Waals surface area contributed by atoms with Crippen molar-refractivity contribution < 1.29 is 23.8 Å². The summed E-state index contributed by atoms with van der Waals surface area (Å²) in [7, 11) is 1.37. The number of nitrogens with zero attached hydrogens (tertiary/aromatic N) is 2. The Hall–Kier alpha value is -2.81. The van der Waals surface area contributed by atoms with Crippen molar-refractivity contribution in [3.8, 4) is 5.75 Å². The molecular formula is C25H32FN3O4S. The smallest absolute Gasteiger partial charge is 0.305 e. The third kappa shape index (κ3) is 5.81. The molecule has 1 aromatic carbocycles. The maximum atomic E-state index is 14.2. The summed E-state index contributed by atoms with van der Waals surface area (Å²) in [6.07, 6.45) is 5.42. The number of amides is 1. The average Bonchev–Trinajstić information content (AvgIpc) is 2.81. The van der Waals surface area contributed by atoms with Crippen molar-refractivity contribution in [3.05, 3.63) is 53.0 Å². The van der Waals surface area contributed by atoms with Crippen LogP contribution in [0.3, 0.4) is 0 Å². The van der Waals surface area contributed by atoms with E-state index in [9.17, 15) is 19.1 Å². The number of anilines is 1. The monoisotopic (exact) mass is 489 g/mol. The number of hydrogen-bond donors (Lipinski definition) is 2. The molecule has 1 amide bonds. The number of carboxylic acid groups (broad SMARTS) is 1. The number of aliphatic carboxylic acids is 1. The highest BCUT2D eigenvalue weighted by Crippen LogP contribution is 2.36. The number of ether oxygens (including phenoxy) is 1. The number of hydrogen-bond acceptors (Lipinski definition) is 5. The van der Waals surface area contributed by atoms with E-state index in [2.05, 4.69) is 17.4 Å². The number of fused-ring (bicyclic) bond motifs is 1. The molecule has 2 atom stereocenters. The molecule has 1 saturated heterocycles. The van der Waals surface area contributed by atoms with E-state index in [1.807, 2.05) is 0 Å². The summed E-state index contributed by atoms with van der Waals surface area (Å²) in [5, 5.41) is 12.7. The third-order valence-electron chi connectivity index (χ3n) is 6.54. The number of pyridine rings is 1. The lowest BCUT2D eigenvalue weighted by atomic mass is 9.88. The van der Waals surface area contributed by atoms with E-state index < -0.39 is 17.8 Å². The summed E-state index contributed by atoms with van der Waals surface area (Å²) in [5.74, 6) is -0.676. The molecule has 0 spiro atoms. The number of halogens is 1. The van der Waals surface area contributed by atoms with E-state index in [0.29, 0.717) is 12.1 Å². The lowest BCUT2D eigenvalue weighted by molar-refractivity contribution is -0.154. The number of likely N-dealkylation sites (tertiary alicyclic amines) is 1. The second-order valence-electron chi connectivity index (χ2n) is 8.78. The van der Waals surface area contributed by atoms with Gasteiger partial charge in [-0.15, -0.1) is 0 Å². The summed E-state index contributed by atoms with van der Waals surface area (Å²) in [4.78, 5) is 30.4. The molecule has 0 aliphatic carbocycles. The number of carboxylic acids is 1. The first-order chi connectivity index (χ1) is 16.0. The summed E-state index contributed by atoms with van der Waals surface area (Å²) < 4.78 is 19.1. The molecular weight excluding hydrogens is 457 g/mol. The number of nitrogens with one attached hydrogen (secondary N) is 1. The summed E-state index contributed by atoms with van der Waals surface area (Å²) in [6.45, 7) is 1.46. The standard InChI is InChI=1S/C25H30FN3O4.H2S/c1-33-22-11-9-17(13-20(22)26)21(14-23(30)31)29-15-18(25(29)32)5-2-3-7-19-10-8-16-6-4-12-27-24(16)28-19;/h8-11,13,18,21H,2-7,12,14-15H2,1H3,(H,27,28)(H,30,31);1H2/t18?,21-;/m0./s1. The van der Waals surface area contributed by atoms with Crippen molar-refractivity contribution in [1.82, 2.24) is 9.88 Å². The van der Waals surface area contributed by atoms with E-state index in [-0.39, 0.29) is 37.5 Å². The highest BCUT2D eigenvalue weighted by molar-refractivity contribution is 7.59. The van der Waals surface area contributed by atoms with Gasteiger partial charge in [0.1, 0.15) is 5.82 Å². The van der Waals surface area contributed by atoms with Crippen LogP contribution in [0.4, 0.5) is 10.2 Å². The highest BCUT2D eigenvalue weighted by atomic mass is 32.1. The van der Waals surface area contributed by atoms with Gasteiger partial charge in [0.05, 0.1) is 25.5 Å². The van der Waals surface area contributed by atoms with Gasteiger partial charge >= 0.3 is 5.97 Å². The minimum atomic E-state index is -1.03. The zero-order chi connectivity index (χ0) is 23.4. The van der Waals surface area contributed by atoms with Crippen LogP contribution in [-0.2, 0) is 22.4 Å². The second-order valence-corrected chi connectivity index (χ2v) is 8.78. The first kappa shape index (κ1) is 25.8. The molecule has 3 heterocycles. The Bertz CT molecular complexity index is 1040. The van der Waals surface area contributed by atoms with Gasteiger partial charge in [0.2, 0.25) is 5.91 Å². The number of benzene rings is 1. The van der Waals surface area contributed by atoms with Gasteiger partial charge in [-0.05, 0) is 61.4 Å². The predicted molar refractivity (Wildman–Crippen MR) is 132 cm³/mol. The highest BCUT2D eigenvalue weighted by Gasteiger charge is 2.41. The molecule has 0 saturated carbocycles. The van der Waals surface area contributed by atoms with Gasteiger partial charge in [-0.3, -0.25) is 9.59 Å². The van der Waals surface area contributed by atoms with Crippen LogP contribution in [0.15, 0.2) is 30.3 Å². The molecule has 1 fully saturated rings. The Morgan fingerprint density at radius 2 is 2.15 bits per heavy atom. The molecule has 2 aliphatic rings. The minimum Gasteiger partial charge on any atom is -0.494 e. The fourth-order valence-electron chi connectivity index (χ4n) is 4.69. The molecule has 4 rings (SSSR count). The topological polar surface area (TPSA) is 91.8 Å². The van der Waals surface area contributed by atoms with Crippen LogP contribution in [0.1, 0.15) is 55.0 Å². The normalized spacial score (nSPS) is 17.6. The van der Waals surface area contributed by atoms with Gasteiger partial charge in [-0.2, -0.15) is 13.5 Å². The van der Waals surface area contributed by atoms with Gasteiger partial charge in [0.15, 0.2) is 11.6 Å². The lowest BCUT2D eigenvalue weighted by Gasteiger charge is -2.43. The Morgan fingerprint density at radius 3 is 2.85 bits per heavy atom. The summed E-state index contributed by atoms with van der Waals surface area (Å²) in [6, 6.07) is 7.91. The SMILES string of the molecule is COc1ccc([C@H](CC(=O)O)N2CC(CCCCc3ccc4c(n3)NCCC4)C2=O)cc1F.S. The van der Waals surface area contributed by atoms with E-state index in [1.54, 1.807) is 11.0 Å². The quantitative estimate of drug-likeness (QED) is 0.386. The Balaban J connectivity index is 0.00000324. The lowest BCUT2D eigenvalue weighted by Crippen LogP contribution is -2.54. The zero-order valence-corrected chi connectivity index (χ0v) is 20.3. The first-order valence-corrected chi connectivity index (χ1v) is 11.5. The molecule has 2 N–H and O–H groups in total. The summed E-state index contributed by atoms with van der Waals surface area (Å²) in [5.41, 5.74) is 2.81. The molecule has 7 nitrogen and oxygen atoms in total. The van der Waals surface area contributed by atoms with Crippen LogP contribution in [0, 0.1) is 11.7 Å². The van der Waals surface area contributed by atoms with Crippen LogP contribution in [0.5, 0.6) is 5.75 Å². The van der Waals surface area contributed by atoms with Crippen LogP contribution >= 0.6 is 13.5 Å². The molecule has 0 radical (unpaired) electrons. The van der Waals surface area contributed by atoms with Crippen molar-refractivity contribution in [2.75, 3.05) is 25.5 Å². The van der Waals surface area contributed by atoms with Crippen molar-refractivity contribution in [1.29, 1.82) is 0 Å². The van der Waals surface area contributed by atoms with E-state index in [4.69, 9.17) is 9.72 Å². The third-order valence-corrected chi connectivity index (χ3v) is 6.54. The molecule has 0 bridgehead atoms. The van der Waals surface area contributed by atoms with Crippen molar-refractivity contribution in [2.24, 2.45) is 5.92 Å². The molecule has 2 aromatic rings. The molecule has 1 aromatic heterocycles. The van der Waals surface area contributed by atoms with Crippen LogP contribution in [0.25, 0.3) is 0 Å². The maximum absolute atomic E-state index is 14.2. The average molecular weight is 490 g/mol. The van der Waals surface area contributed by atoms with Crippen LogP contribution in [0.2, 0.25) is 0 Å². The van der Waals surface area contributed by atoms with Crippen LogP contribution in [-0.4, -0.2) is 47.1 Å². The largest absolute Gasteiger partial charge is 0.494 e. The predicted octanol–water partition coefficient (Wildman–Crippen LogP) is 4.09. The maximum Gasteiger partial charge on any atom is 0.305 e. The minimum absolute atomic E-state index is 0. The second kappa shape index (κ2) is 11.6. The number of unbranched alkanes of at least 4 members (excludes halogenated alkanes) is 1. The molecule has 2 aliphatic heterocycles. The number of methoxy groups -OCH3 is 1. The first-order valence-electron chi connectivity index (χ1n) is 11.5.